The lowest BCUT2D eigenvalue weighted by Crippen LogP contribution is -2.29. The summed E-state index contributed by atoms with van der Waals surface area (Å²) < 4.78 is 29.8. The number of hydrogen-bond donors (Lipinski definition) is 0. The van der Waals surface area contributed by atoms with E-state index in [0.717, 1.165) is 21.8 Å². The molecule has 1 fully saturated rings. The van der Waals surface area contributed by atoms with Crippen molar-refractivity contribution in [3.05, 3.63) is 69.5 Å². The summed E-state index contributed by atoms with van der Waals surface area (Å²) in [6.45, 7) is 2.12. The molecule has 134 valence electrons. The van der Waals surface area contributed by atoms with Crippen LogP contribution < -0.4 is 0 Å². The van der Waals surface area contributed by atoms with Gasteiger partial charge in [-0.2, -0.15) is 8.42 Å². The fraction of sp³-hybridized carbons (Fsp3) is 0.111. The van der Waals surface area contributed by atoms with Crippen LogP contribution in [0.4, 0.5) is 0 Å². The van der Waals surface area contributed by atoms with Gasteiger partial charge in [-0.05, 0) is 54.6 Å². The summed E-state index contributed by atoms with van der Waals surface area (Å²) in [7, 11) is -3.87. The molecule has 5 nitrogen and oxygen atoms in total. The van der Waals surface area contributed by atoms with Crippen LogP contribution in [0.1, 0.15) is 12.5 Å². The summed E-state index contributed by atoms with van der Waals surface area (Å²) in [6.07, 6.45) is 1.74. The fourth-order valence-corrected chi connectivity index (χ4v) is 4.84. The summed E-state index contributed by atoms with van der Waals surface area (Å²) in [5.41, 5.74) is 0.854. The third-order valence-electron chi connectivity index (χ3n) is 3.61. The van der Waals surface area contributed by atoms with Gasteiger partial charge in [-0.25, -0.2) is 0 Å². The number of hydrogen-bond acceptors (Lipinski definition) is 4. The number of carbonyl (C=O) groups excluding carboxylic acids is 1. The molecule has 2 aromatic rings. The highest BCUT2D eigenvalue weighted by atomic mass is 79.9. The van der Waals surface area contributed by atoms with Crippen molar-refractivity contribution in [2.75, 3.05) is 6.54 Å². The number of thioether (sulfide) groups is 1. The van der Waals surface area contributed by atoms with Gasteiger partial charge in [0.25, 0.3) is 15.9 Å². The van der Waals surface area contributed by atoms with Gasteiger partial charge in [0.2, 0.25) is 0 Å². The van der Waals surface area contributed by atoms with Crippen LogP contribution >= 0.6 is 27.7 Å². The molecule has 0 atom stereocenters. The van der Waals surface area contributed by atoms with E-state index >= 15 is 0 Å². The number of nitrogens with zero attached hydrogens (tertiary/aromatic N) is 2. The lowest BCUT2D eigenvalue weighted by molar-refractivity contribution is -0.122. The fourth-order valence-electron chi connectivity index (χ4n) is 2.31. The molecule has 0 bridgehead atoms. The Morgan fingerprint density at radius 3 is 2.38 bits per heavy atom. The van der Waals surface area contributed by atoms with Gasteiger partial charge < -0.3 is 0 Å². The highest BCUT2D eigenvalue weighted by Gasteiger charge is 2.33. The maximum absolute atomic E-state index is 12.6. The van der Waals surface area contributed by atoms with Crippen molar-refractivity contribution in [1.82, 2.24) is 4.90 Å². The number of sulfonamides is 1. The van der Waals surface area contributed by atoms with E-state index in [1.807, 2.05) is 24.3 Å². The van der Waals surface area contributed by atoms with Gasteiger partial charge >= 0.3 is 0 Å². The Labute approximate surface area is 165 Å². The van der Waals surface area contributed by atoms with Crippen LogP contribution in [0, 0.1) is 0 Å². The minimum absolute atomic E-state index is 0.0990. The summed E-state index contributed by atoms with van der Waals surface area (Å²) in [5.74, 6) is -0.248. The average Bonchev–Trinajstić information content (AvgIpc) is 2.91. The first-order chi connectivity index (χ1) is 12.4. The predicted molar refractivity (Wildman–Crippen MR) is 108 cm³/mol. The van der Waals surface area contributed by atoms with Crippen LogP contribution in [0.15, 0.2) is 73.3 Å². The van der Waals surface area contributed by atoms with E-state index < -0.39 is 10.0 Å². The number of halogens is 1. The van der Waals surface area contributed by atoms with Gasteiger partial charge in [-0.15, -0.1) is 4.40 Å². The van der Waals surface area contributed by atoms with Crippen molar-refractivity contribution in [1.29, 1.82) is 0 Å². The Kier molecular flexibility index (Phi) is 5.64. The third-order valence-corrected chi connectivity index (χ3v) is 6.54. The van der Waals surface area contributed by atoms with Crippen LogP contribution in [-0.2, 0) is 14.8 Å². The molecule has 0 saturated carbocycles. The molecule has 3 rings (SSSR count). The van der Waals surface area contributed by atoms with Gasteiger partial charge in [-0.3, -0.25) is 9.69 Å². The zero-order chi connectivity index (χ0) is 18.7. The second-order valence-corrected chi connectivity index (χ2v) is 8.90. The SMILES string of the molecule is CCN1C(=O)/C(=C/c2ccc(Br)cc2)S/C1=N/S(=O)(=O)c1ccccc1. The minimum Gasteiger partial charge on any atom is -0.286 e. The van der Waals surface area contributed by atoms with E-state index in [1.54, 1.807) is 31.2 Å². The Morgan fingerprint density at radius 2 is 1.77 bits per heavy atom. The Hall–Kier alpha value is -1.90. The maximum Gasteiger partial charge on any atom is 0.284 e. The van der Waals surface area contributed by atoms with E-state index in [1.165, 1.54) is 17.0 Å². The molecule has 0 N–H and O–H groups in total. The van der Waals surface area contributed by atoms with Crippen LogP contribution in [0.25, 0.3) is 6.08 Å². The minimum atomic E-state index is -3.87. The molecule has 0 spiro atoms. The molecule has 26 heavy (non-hydrogen) atoms. The summed E-state index contributed by atoms with van der Waals surface area (Å²) >= 11 is 4.44. The molecule has 1 amide bonds. The molecule has 2 aromatic carbocycles. The zero-order valence-electron chi connectivity index (χ0n) is 13.8. The molecule has 1 saturated heterocycles. The van der Waals surface area contributed by atoms with Crippen molar-refractivity contribution in [3.63, 3.8) is 0 Å². The Morgan fingerprint density at radius 1 is 1.12 bits per heavy atom. The zero-order valence-corrected chi connectivity index (χ0v) is 17.0. The van der Waals surface area contributed by atoms with Crippen LogP contribution in [0.2, 0.25) is 0 Å². The first kappa shape index (κ1) is 18.9. The van der Waals surface area contributed by atoms with E-state index in [0.29, 0.717) is 11.4 Å². The van der Waals surface area contributed by atoms with Crippen LogP contribution in [0.3, 0.4) is 0 Å². The van der Waals surface area contributed by atoms with Crippen LogP contribution in [-0.4, -0.2) is 30.9 Å². The summed E-state index contributed by atoms with van der Waals surface area (Å²) in [4.78, 5) is 14.5. The highest BCUT2D eigenvalue weighted by molar-refractivity contribution is 9.10. The second-order valence-electron chi connectivity index (χ2n) is 5.37. The van der Waals surface area contributed by atoms with Crippen molar-refractivity contribution >= 4 is 54.9 Å². The Bertz CT molecular complexity index is 985. The standard InChI is InChI=1S/C18H15BrN2O3S2/c1-2-21-17(22)16(12-13-8-10-14(19)11-9-13)25-18(21)20-26(23,24)15-6-4-3-5-7-15/h3-12H,2H2,1H3/b16-12-,20-18+. The first-order valence-electron chi connectivity index (χ1n) is 7.77. The Balaban J connectivity index is 1.96. The molecule has 1 aliphatic heterocycles. The lowest BCUT2D eigenvalue weighted by Gasteiger charge is -2.11. The molecule has 0 aromatic heterocycles. The second kappa shape index (κ2) is 7.77. The molecule has 8 heteroatoms. The molecule has 1 heterocycles. The van der Waals surface area contributed by atoms with Crippen molar-refractivity contribution < 1.29 is 13.2 Å². The van der Waals surface area contributed by atoms with Gasteiger partial charge in [0, 0.05) is 11.0 Å². The number of amidine groups is 1. The molecule has 0 unspecified atom stereocenters. The summed E-state index contributed by atoms with van der Waals surface area (Å²) in [5, 5.41) is 0.171. The topological polar surface area (TPSA) is 66.8 Å². The van der Waals surface area contributed by atoms with Gasteiger partial charge in [0.15, 0.2) is 5.17 Å². The van der Waals surface area contributed by atoms with Crippen LogP contribution in [0.5, 0.6) is 0 Å². The normalized spacial score (nSPS) is 18.1. The van der Waals surface area contributed by atoms with E-state index in [4.69, 9.17) is 0 Å². The van der Waals surface area contributed by atoms with Gasteiger partial charge in [-0.1, -0.05) is 46.3 Å². The van der Waals surface area contributed by atoms with Crippen molar-refractivity contribution in [2.45, 2.75) is 11.8 Å². The predicted octanol–water partition coefficient (Wildman–Crippen LogP) is 4.13. The smallest absolute Gasteiger partial charge is 0.284 e. The van der Waals surface area contributed by atoms with E-state index in [2.05, 4.69) is 20.3 Å². The van der Waals surface area contributed by atoms with Gasteiger partial charge in [0.05, 0.1) is 9.80 Å². The van der Waals surface area contributed by atoms with Crippen molar-refractivity contribution in [2.24, 2.45) is 4.40 Å². The maximum atomic E-state index is 12.6. The monoisotopic (exact) mass is 450 g/mol. The van der Waals surface area contributed by atoms with E-state index in [-0.39, 0.29) is 16.0 Å². The number of rotatable bonds is 4. The van der Waals surface area contributed by atoms with Gasteiger partial charge in [0.1, 0.15) is 0 Å². The molecular formula is C18H15BrN2O3S2. The average molecular weight is 451 g/mol. The molecule has 1 aliphatic rings. The highest BCUT2D eigenvalue weighted by Crippen LogP contribution is 2.33. The molecule has 0 radical (unpaired) electrons. The largest absolute Gasteiger partial charge is 0.286 e. The quantitative estimate of drug-likeness (QED) is 0.656. The number of likely N-dealkylation sites (N-methyl/N-ethyl adjacent to an activating group) is 1. The number of carbonyl (C=O) groups is 1. The summed E-state index contributed by atoms with van der Waals surface area (Å²) in [6, 6.07) is 15.5. The first-order valence-corrected chi connectivity index (χ1v) is 10.8. The van der Waals surface area contributed by atoms with Crippen molar-refractivity contribution in [3.8, 4) is 0 Å². The molecular weight excluding hydrogens is 436 g/mol. The third kappa shape index (κ3) is 4.08. The van der Waals surface area contributed by atoms with E-state index in [9.17, 15) is 13.2 Å². The lowest BCUT2D eigenvalue weighted by atomic mass is 10.2. The number of amides is 1. The number of benzene rings is 2. The molecule has 0 aliphatic carbocycles.